The molecule has 1 aliphatic heterocycles. The molecule has 0 saturated heterocycles. The van der Waals surface area contributed by atoms with Gasteiger partial charge in [-0.1, -0.05) is 49.1 Å². The Hall–Kier alpha value is -1.78. The van der Waals surface area contributed by atoms with Gasteiger partial charge in [-0.05, 0) is 44.4 Å². The Balaban J connectivity index is 1.63. The van der Waals surface area contributed by atoms with Crippen molar-refractivity contribution in [3.63, 3.8) is 0 Å². The zero-order chi connectivity index (χ0) is 20.1. The predicted molar refractivity (Wildman–Crippen MR) is 112 cm³/mol. The summed E-state index contributed by atoms with van der Waals surface area (Å²) in [5.74, 6) is 0.385. The van der Waals surface area contributed by atoms with E-state index in [0.717, 1.165) is 56.0 Å². The first-order valence-corrected chi connectivity index (χ1v) is 10.5. The highest BCUT2D eigenvalue weighted by molar-refractivity contribution is 6.31. The Kier molecular flexibility index (Phi) is 6.84. The van der Waals surface area contributed by atoms with Crippen LogP contribution in [-0.4, -0.2) is 22.5 Å². The maximum absolute atomic E-state index is 11.3. The van der Waals surface area contributed by atoms with Gasteiger partial charge in [-0.15, -0.1) is 0 Å². The van der Waals surface area contributed by atoms with Crippen molar-refractivity contribution in [3.8, 4) is 0 Å². The maximum Gasteiger partial charge on any atom is 0.309 e. The molecule has 152 valence electrons. The van der Waals surface area contributed by atoms with Crippen molar-refractivity contribution in [3.05, 3.63) is 58.5 Å². The number of carbonyl (C=O) groups is 1. The molecule has 0 amide bonds. The zero-order valence-corrected chi connectivity index (χ0v) is 17.5. The summed E-state index contributed by atoms with van der Waals surface area (Å²) in [7, 11) is 0. The molecule has 0 spiro atoms. The van der Waals surface area contributed by atoms with Crippen LogP contribution < -0.4 is 0 Å². The molecule has 0 bridgehead atoms. The molecule has 0 saturated carbocycles. The second kappa shape index (κ2) is 9.15. The smallest absolute Gasteiger partial charge is 0.309 e. The third kappa shape index (κ3) is 4.98. The van der Waals surface area contributed by atoms with Gasteiger partial charge in [0, 0.05) is 36.1 Å². The zero-order valence-electron chi connectivity index (χ0n) is 16.8. The first-order valence-electron chi connectivity index (χ1n) is 10.2. The number of halogens is 1. The average molecular weight is 404 g/mol. The summed E-state index contributed by atoms with van der Waals surface area (Å²) in [5.41, 5.74) is 1.81. The van der Waals surface area contributed by atoms with E-state index >= 15 is 0 Å². The number of aliphatic carboxylic acids is 1. The standard InChI is InChI=1S/C23H30ClNO3/c1-23(2,22(26)27)13-7-3-4-10-20(18-8-5-6-9-19(18)24)25-14-11-21-17(16-25)12-15-28-21/h5-6,8-9,12,15,20H,3-4,7,10-11,13-14,16H2,1-2H3,(H,26,27). The van der Waals surface area contributed by atoms with Crippen LogP contribution in [0.3, 0.4) is 0 Å². The molecule has 0 radical (unpaired) electrons. The van der Waals surface area contributed by atoms with E-state index in [-0.39, 0.29) is 6.04 Å². The summed E-state index contributed by atoms with van der Waals surface area (Å²) in [6, 6.07) is 10.5. The molecule has 1 unspecified atom stereocenters. The molecule has 1 aliphatic rings. The molecule has 1 aromatic carbocycles. The van der Waals surface area contributed by atoms with Crippen molar-refractivity contribution in [2.45, 2.75) is 65.0 Å². The van der Waals surface area contributed by atoms with Gasteiger partial charge >= 0.3 is 5.97 Å². The minimum absolute atomic E-state index is 0.268. The molecule has 1 atom stereocenters. The van der Waals surface area contributed by atoms with E-state index in [1.165, 1.54) is 11.1 Å². The summed E-state index contributed by atoms with van der Waals surface area (Å²) in [5, 5.41) is 10.1. The maximum atomic E-state index is 11.3. The summed E-state index contributed by atoms with van der Waals surface area (Å²) >= 11 is 6.54. The molecule has 0 fully saturated rings. The number of furan rings is 1. The molecule has 4 nitrogen and oxygen atoms in total. The van der Waals surface area contributed by atoms with Crippen molar-refractivity contribution in [2.24, 2.45) is 5.41 Å². The van der Waals surface area contributed by atoms with Crippen molar-refractivity contribution in [1.82, 2.24) is 4.90 Å². The number of rotatable bonds is 9. The van der Waals surface area contributed by atoms with Gasteiger partial charge in [-0.3, -0.25) is 9.69 Å². The van der Waals surface area contributed by atoms with E-state index in [1.807, 2.05) is 12.1 Å². The third-order valence-corrected chi connectivity index (χ3v) is 6.24. The van der Waals surface area contributed by atoms with Gasteiger partial charge in [0.25, 0.3) is 0 Å². The number of hydrogen-bond donors (Lipinski definition) is 1. The van der Waals surface area contributed by atoms with Gasteiger partial charge in [0.2, 0.25) is 0 Å². The highest BCUT2D eigenvalue weighted by Gasteiger charge is 2.28. The van der Waals surface area contributed by atoms with Gasteiger partial charge in [0.1, 0.15) is 5.76 Å². The topological polar surface area (TPSA) is 53.7 Å². The fourth-order valence-corrected chi connectivity index (χ4v) is 4.27. The van der Waals surface area contributed by atoms with Crippen LogP contribution >= 0.6 is 11.6 Å². The van der Waals surface area contributed by atoms with Crippen molar-refractivity contribution in [2.75, 3.05) is 6.54 Å². The molecular weight excluding hydrogens is 374 g/mol. The van der Waals surface area contributed by atoms with Crippen molar-refractivity contribution >= 4 is 17.6 Å². The summed E-state index contributed by atoms with van der Waals surface area (Å²) in [6.07, 6.45) is 7.45. The number of hydrogen-bond acceptors (Lipinski definition) is 3. The quantitative estimate of drug-likeness (QED) is 0.514. The molecule has 1 N–H and O–H groups in total. The third-order valence-electron chi connectivity index (χ3n) is 5.90. The van der Waals surface area contributed by atoms with Gasteiger partial charge in [-0.2, -0.15) is 0 Å². The molecule has 5 heteroatoms. The fraction of sp³-hybridized carbons (Fsp3) is 0.522. The van der Waals surface area contributed by atoms with Crippen LogP contribution in [0.2, 0.25) is 5.02 Å². The van der Waals surface area contributed by atoms with Crippen molar-refractivity contribution < 1.29 is 14.3 Å². The van der Waals surface area contributed by atoms with Gasteiger partial charge in [-0.25, -0.2) is 0 Å². The normalized spacial score (nSPS) is 16.0. The summed E-state index contributed by atoms with van der Waals surface area (Å²) < 4.78 is 5.58. The molecule has 0 aliphatic carbocycles. The highest BCUT2D eigenvalue weighted by Crippen LogP contribution is 2.35. The number of carboxylic acids is 1. The minimum Gasteiger partial charge on any atom is -0.481 e. The lowest BCUT2D eigenvalue weighted by molar-refractivity contribution is -0.147. The molecule has 2 heterocycles. The van der Waals surface area contributed by atoms with Crippen LogP contribution in [0.5, 0.6) is 0 Å². The van der Waals surface area contributed by atoms with E-state index in [4.69, 9.17) is 16.0 Å². The highest BCUT2D eigenvalue weighted by atomic mass is 35.5. The molecule has 3 rings (SSSR count). The van der Waals surface area contributed by atoms with Gasteiger partial charge < -0.3 is 9.52 Å². The number of benzene rings is 1. The first-order chi connectivity index (χ1) is 13.4. The van der Waals surface area contributed by atoms with Crippen LogP contribution in [-0.2, 0) is 17.8 Å². The number of fused-ring (bicyclic) bond motifs is 1. The van der Waals surface area contributed by atoms with E-state index < -0.39 is 11.4 Å². The first kappa shape index (κ1) is 20.9. The molecular formula is C23H30ClNO3. The Morgan fingerprint density at radius 2 is 2.04 bits per heavy atom. The van der Waals surface area contributed by atoms with Crippen LogP contribution in [0.1, 0.15) is 68.9 Å². The average Bonchev–Trinajstić information content (AvgIpc) is 3.13. The summed E-state index contributed by atoms with van der Waals surface area (Å²) in [6.45, 7) is 5.45. The second-order valence-corrected chi connectivity index (χ2v) is 8.82. The van der Waals surface area contributed by atoms with Gasteiger partial charge in [0.15, 0.2) is 0 Å². The van der Waals surface area contributed by atoms with E-state index in [9.17, 15) is 9.90 Å². The molecule has 1 aromatic heterocycles. The lowest BCUT2D eigenvalue weighted by atomic mass is 9.86. The number of carboxylic acid groups (broad SMARTS) is 1. The monoisotopic (exact) mass is 403 g/mol. The second-order valence-electron chi connectivity index (χ2n) is 8.42. The van der Waals surface area contributed by atoms with E-state index in [2.05, 4.69) is 23.1 Å². The lowest BCUT2D eigenvalue weighted by Crippen LogP contribution is -2.34. The Morgan fingerprint density at radius 1 is 1.25 bits per heavy atom. The molecule has 2 aromatic rings. The fourth-order valence-electron chi connectivity index (χ4n) is 4.00. The SMILES string of the molecule is CC(C)(CCCCCC(c1ccccc1Cl)N1CCc2occc2C1)C(=O)O. The Bertz CT molecular complexity index is 799. The van der Waals surface area contributed by atoms with E-state index in [1.54, 1.807) is 20.1 Å². The Labute approximate surface area is 172 Å². The lowest BCUT2D eigenvalue weighted by Gasteiger charge is -2.35. The number of unbranched alkanes of at least 4 members (excludes halogenated alkanes) is 2. The Morgan fingerprint density at radius 3 is 2.79 bits per heavy atom. The van der Waals surface area contributed by atoms with Crippen LogP contribution in [0.15, 0.2) is 41.0 Å². The van der Waals surface area contributed by atoms with Crippen LogP contribution in [0, 0.1) is 5.41 Å². The van der Waals surface area contributed by atoms with Crippen LogP contribution in [0.4, 0.5) is 0 Å². The summed E-state index contributed by atoms with van der Waals surface area (Å²) in [4.78, 5) is 13.8. The van der Waals surface area contributed by atoms with E-state index in [0.29, 0.717) is 6.42 Å². The largest absolute Gasteiger partial charge is 0.481 e. The minimum atomic E-state index is -0.717. The van der Waals surface area contributed by atoms with Gasteiger partial charge in [0.05, 0.1) is 11.7 Å². The predicted octanol–water partition coefficient (Wildman–Crippen LogP) is 6.09. The van der Waals surface area contributed by atoms with Crippen LogP contribution in [0.25, 0.3) is 0 Å². The number of nitrogens with zero attached hydrogens (tertiary/aromatic N) is 1. The molecule has 28 heavy (non-hydrogen) atoms. The van der Waals surface area contributed by atoms with Crippen molar-refractivity contribution in [1.29, 1.82) is 0 Å².